The summed E-state index contributed by atoms with van der Waals surface area (Å²) in [7, 11) is 0. The van der Waals surface area contributed by atoms with Gasteiger partial charge in [0.15, 0.2) is 11.5 Å². The molecule has 2 saturated heterocycles. The number of pyridine rings is 1. The minimum Gasteiger partial charge on any atom is -0.378 e. The van der Waals surface area contributed by atoms with Crippen molar-refractivity contribution in [3.8, 4) is 0 Å². The first-order valence-corrected chi connectivity index (χ1v) is 11.4. The van der Waals surface area contributed by atoms with Gasteiger partial charge in [0, 0.05) is 38.2 Å². The van der Waals surface area contributed by atoms with Crippen LogP contribution < -0.4 is 15.6 Å². The Balaban J connectivity index is 1.48. The van der Waals surface area contributed by atoms with E-state index in [4.69, 9.17) is 14.7 Å². The molecule has 3 aromatic rings. The molecule has 0 aliphatic carbocycles. The summed E-state index contributed by atoms with van der Waals surface area (Å²) < 4.78 is 7.57. The van der Waals surface area contributed by atoms with Crippen LogP contribution in [-0.2, 0) is 16.1 Å². The average Bonchev–Trinajstić information content (AvgIpc) is 3.43. The summed E-state index contributed by atoms with van der Waals surface area (Å²) in [5.41, 5.74) is 8.96. The SMILES string of the molecule is C/C(=N\Nc1cc(N2CCOCC2)c2ncn(CC3CCC(=O)N3)c2n1)c1cccc(C)c1. The molecule has 1 unspecified atom stereocenters. The molecule has 0 saturated carbocycles. The second kappa shape index (κ2) is 9.19. The molecule has 9 heteroatoms. The Morgan fingerprint density at radius 2 is 2.15 bits per heavy atom. The van der Waals surface area contributed by atoms with E-state index in [0.29, 0.717) is 32.0 Å². The molecule has 5 rings (SSSR count). The van der Waals surface area contributed by atoms with E-state index in [1.54, 1.807) is 0 Å². The number of anilines is 2. The van der Waals surface area contributed by atoms with Crippen LogP contribution in [-0.4, -0.2) is 58.5 Å². The number of fused-ring (bicyclic) bond motifs is 1. The number of imidazole rings is 1. The molecule has 0 radical (unpaired) electrons. The minimum atomic E-state index is 0.0988. The molecule has 4 heterocycles. The van der Waals surface area contributed by atoms with Gasteiger partial charge >= 0.3 is 0 Å². The third-order valence-corrected chi connectivity index (χ3v) is 6.18. The molecule has 172 valence electrons. The number of nitrogens with one attached hydrogen (secondary N) is 2. The van der Waals surface area contributed by atoms with Crippen LogP contribution >= 0.6 is 0 Å². The maximum absolute atomic E-state index is 11.7. The van der Waals surface area contributed by atoms with Gasteiger partial charge in [0.2, 0.25) is 5.91 Å². The van der Waals surface area contributed by atoms with E-state index in [2.05, 4.69) is 39.8 Å². The summed E-state index contributed by atoms with van der Waals surface area (Å²) in [5.74, 6) is 0.767. The standard InChI is InChI=1S/C24H29N7O2/c1-16-4-3-5-18(12-16)17(2)28-29-21-13-20(30-8-10-33-11-9-30)23-24(27-21)31(15-25-23)14-19-6-7-22(32)26-19/h3-5,12-13,15,19H,6-11,14H2,1-2H3,(H,26,32)(H,27,29)/b28-17+. The van der Waals surface area contributed by atoms with Crippen molar-refractivity contribution in [1.82, 2.24) is 19.9 Å². The fraction of sp³-hybridized carbons (Fsp3) is 0.417. The Bertz CT molecular complexity index is 1200. The number of rotatable bonds is 6. The molecule has 1 atom stereocenters. The molecular formula is C24H29N7O2. The van der Waals surface area contributed by atoms with E-state index in [9.17, 15) is 4.79 Å². The summed E-state index contributed by atoms with van der Waals surface area (Å²) in [6, 6.07) is 10.4. The van der Waals surface area contributed by atoms with Gasteiger partial charge in [-0.2, -0.15) is 5.10 Å². The molecule has 0 bridgehead atoms. The van der Waals surface area contributed by atoms with Crippen LogP contribution in [0.4, 0.5) is 11.5 Å². The third-order valence-electron chi connectivity index (χ3n) is 6.18. The van der Waals surface area contributed by atoms with Crippen molar-refractivity contribution in [3.63, 3.8) is 0 Å². The summed E-state index contributed by atoms with van der Waals surface area (Å²) in [6.07, 6.45) is 3.22. The van der Waals surface area contributed by atoms with Gasteiger partial charge in [0.25, 0.3) is 0 Å². The lowest BCUT2D eigenvalue weighted by Gasteiger charge is -2.29. The van der Waals surface area contributed by atoms with Crippen molar-refractivity contribution in [3.05, 3.63) is 47.8 Å². The van der Waals surface area contributed by atoms with E-state index in [1.807, 2.05) is 36.0 Å². The number of morpholine rings is 1. The van der Waals surface area contributed by atoms with Crippen molar-refractivity contribution in [2.24, 2.45) is 5.10 Å². The zero-order valence-electron chi connectivity index (χ0n) is 19.0. The van der Waals surface area contributed by atoms with E-state index in [1.165, 1.54) is 5.56 Å². The summed E-state index contributed by atoms with van der Waals surface area (Å²) in [5, 5.41) is 7.63. The molecule has 2 aliphatic rings. The number of aromatic nitrogens is 3. The van der Waals surface area contributed by atoms with Gasteiger partial charge in [-0.1, -0.05) is 29.8 Å². The van der Waals surface area contributed by atoms with E-state index < -0.39 is 0 Å². The number of carbonyl (C=O) groups is 1. The Morgan fingerprint density at radius 3 is 2.91 bits per heavy atom. The summed E-state index contributed by atoms with van der Waals surface area (Å²) in [4.78, 5) is 23.5. The molecule has 2 aromatic heterocycles. The van der Waals surface area contributed by atoms with Gasteiger partial charge in [-0.25, -0.2) is 9.97 Å². The molecule has 2 fully saturated rings. The second-order valence-electron chi connectivity index (χ2n) is 8.68. The largest absolute Gasteiger partial charge is 0.378 e. The highest BCUT2D eigenvalue weighted by molar-refractivity contribution is 5.99. The van der Waals surface area contributed by atoms with Crippen LogP contribution in [0.3, 0.4) is 0 Å². The Labute approximate surface area is 192 Å². The average molecular weight is 448 g/mol. The first-order chi connectivity index (χ1) is 16.1. The lowest BCUT2D eigenvalue weighted by atomic mass is 10.1. The van der Waals surface area contributed by atoms with E-state index >= 15 is 0 Å². The molecule has 1 amide bonds. The second-order valence-corrected chi connectivity index (χ2v) is 8.68. The predicted octanol–water partition coefficient (Wildman–Crippen LogP) is 2.69. The monoisotopic (exact) mass is 447 g/mol. The van der Waals surface area contributed by atoms with Crippen molar-refractivity contribution >= 4 is 34.3 Å². The van der Waals surface area contributed by atoms with Gasteiger partial charge in [0.1, 0.15) is 5.52 Å². The number of hydrogen-bond donors (Lipinski definition) is 2. The molecule has 0 spiro atoms. The van der Waals surface area contributed by atoms with Crippen molar-refractivity contribution < 1.29 is 9.53 Å². The van der Waals surface area contributed by atoms with Crippen molar-refractivity contribution in [2.45, 2.75) is 39.3 Å². The smallest absolute Gasteiger partial charge is 0.220 e. The minimum absolute atomic E-state index is 0.0988. The number of hydrogen-bond acceptors (Lipinski definition) is 7. The van der Waals surface area contributed by atoms with Gasteiger partial charge in [-0.05, 0) is 25.8 Å². The summed E-state index contributed by atoms with van der Waals surface area (Å²) in [6.45, 7) is 7.68. The molecule has 2 N–H and O–H groups in total. The topological polar surface area (TPSA) is 96.7 Å². The van der Waals surface area contributed by atoms with Crippen LogP contribution in [0.5, 0.6) is 0 Å². The number of aryl methyl sites for hydroxylation is 1. The van der Waals surface area contributed by atoms with Crippen molar-refractivity contribution in [1.29, 1.82) is 0 Å². The molecule has 9 nitrogen and oxygen atoms in total. The number of carbonyl (C=O) groups excluding carboxylic acids is 1. The van der Waals surface area contributed by atoms with Crippen molar-refractivity contribution in [2.75, 3.05) is 36.6 Å². The first kappa shape index (κ1) is 21.4. The fourth-order valence-corrected chi connectivity index (χ4v) is 4.38. The normalized spacial score (nSPS) is 19.2. The van der Waals surface area contributed by atoms with E-state index in [0.717, 1.165) is 47.6 Å². The Hall–Kier alpha value is -3.46. The fourth-order valence-electron chi connectivity index (χ4n) is 4.38. The highest BCUT2D eigenvalue weighted by Crippen LogP contribution is 2.29. The van der Waals surface area contributed by atoms with Crippen LogP contribution in [0.25, 0.3) is 11.2 Å². The molecule has 1 aromatic carbocycles. The quantitative estimate of drug-likeness (QED) is 0.446. The van der Waals surface area contributed by atoms with Crippen LogP contribution in [0.15, 0.2) is 41.8 Å². The Kier molecular flexibility index (Phi) is 5.95. The highest BCUT2D eigenvalue weighted by Gasteiger charge is 2.24. The zero-order chi connectivity index (χ0) is 22.8. The lowest BCUT2D eigenvalue weighted by molar-refractivity contribution is -0.119. The lowest BCUT2D eigenvalue weighted by Crippen LogP contribution is -2.36. The molecule has 33 heavy (non-hydrogen) atoms. The number of ether oxygens (including phenoxy) is 1. The van der Waals surface area contributed by atoms with Gasteiger partial charge in [-0.15, -0.1) is 0 Å². The van der Waals surface area contributed by atoms with Gasteiger partial charge < -0.3 is 19.5 Å². The summed E-state index contributed by atoms with van der Waals surface area (Å²) >= 11 is 0. The zero-order valence-corrected chi connectivity index (χ0v) is 19.0. The maximum atomic E-state index is 11.7. The van der Waals surface area contributed by atoms with Crippen LogP contribution in [0, 0.1) is 6.92 Å². The number of benzene rings is 1. The molecule has 2 aliphatic heterocycles. The Morgan fingerprint density at radius 1 is 1.30 bits per heavy atom. The number of hydrazone groups is 1. The third kappa shape index (κ3) is 4.68. The van der Waals surface area contributed by atoms with E-state index in [-0.39, 0.29) is 11.9 Å². The molecular weight excluding hydrogens is 418 g/mol. The van der Waals surface area contributed by atoms with Gasteiger partial charge in [-0.3, -0.25) is 10.2 Å². The van der Waals surface area contributed by atoms with Gasteiger partial charge in [0.05, 0.1) is 30.9 Å². The maximum Gasteiger partial charge on any atom is 0.220 e. The first-order valence-electron chi connectivity index (χ1n) is 11.4. The number of nitrogens with zero attached hydrogens (tertiary/aromatic N) is 5. The van der Waals surface area contributed by atoms with Crippen LogP contribution in [0.2, 0.25) is 0 Å². The highest BCUT2D eigenvalue weighted by atomic mass is 16.5. The number of amides is 1. The van der Waals surface area contributed by atoms with Crippen LogP contribution in [0.1, 0.15) is 30.9 Å². The predicted molar refractivity (Wildman–Crippen MR) is 129 cm³/mol.